The monoisotopic (exact) mass is 523 g/mol. The molecule has 204 valence electrons. The third-order valence-corrected chi connectivity index (χ3v) is 8.85. The summed E-state index contributed by atoms with van der Waals surface area (Å²) in [6.45, 7) is 14.9. The van der Waals surface area contributed by atoms with Crippen LogP contribution in [-0.2, 0) is 17.7 Å². The van der Waals surface area contributed by atoms with Gasteiger partial charge in [0.1, 0.15) is 5.82 Å². The molecule has 2 aromatic carbocycles. The van der Waals surface area contributed by atoms with Crippen LogP contribution in [0.25, 0.3) is 22.3 Å². The number of hydrogen-bond donors (Lipinski definition) is 1. The van der Waals surface area contributed by atoms with Gasteiger partial charge in [-0.1, -0.05) is 45.0 Å². The van der Waals surface area contributed by atoms with E-state index in [0.29, 0.717) is 17.9 Å². The molecule has 39 heavy (non-hydrogen) atoms. The highest BCUT2D eigenvalue weighted by atomic mass is 16.5. The van der Waals surface area contributed by atoms with E-state index in [1.807, 2.05) is 7.11 Å². The minimum absolute atomic E-state index is 0.299. The fourth-order valence-electron chi connectivity index (χ4n) is 6.52. The second-order valence-corrected chi connectivity index (χ2v) is 11.9. The van der Waals surface area contributed by atoms with E-state index >= 15 is 0 Å². The van der Waals surface area contributed by atoms with Crippen LogP contribution in [0.2, 0.25) is 0 Å². The van der Waals surface area contributed by atoms with Crippen molar-refractivity contribution >= 4 is 22.4 Å². The SMILES string of the molecule is COC1CCN(c2nc(-c3cccc4[nH]cc(C)c34)nc3c2CN(c2cc(C(C)C)ccc2C)CC3)C[C@@H]1C. The number of piperidine rings is 1. The Bertz CT molecular complexity index is 1510. The Kier molecular flexibility index (Phi) is 6.84. The standard InChI is InChI=1S/C33H41N5O/c1-20(2)24-11-10-21(3)29(16-24)37-14-12-27-26(19-37)33(38-15-13-30(39-6)23(5)18-38)36-32(35-27)25-8-7-9-28-31(25)22(4)17-34-28/h7-11,16-17,20,23,30,34H,12-15,18-19H2,1-6H3/t23-,30?/m0/s1. The lowest BCUT2D eigenvalue weighted by molar-refractivity contribution is 0.0443. The number of benzene rings is 2. The Labute approximate surface area is 232 Å². The smallest absolute Gasteiger partial charge is 0.162 e. The van der Waals surface area contributed by atoms with Crippen molar-refractivity contribution in [3.63, 3.8) is 0 Å². The number of fused-ring (bicyclic) bond motifs is 2. The van der Waals surface area contributed by atoms with Gasteiger partial charge in [-0.2, -0.15) is 0 Å². The molecule has 1 N–H and O–H groups in total. The van der Waals surface area contributed by atoms with Crippen LogP contribution in [0.4, 0.5) is 11.5 Å². The number of nitrogens with zero attached hydrogens (tertiary/aromatic N) is 4. The molecule has 2 aliphatic rings. The van der Waals surface area contributed by atoms with E-state index in [-0.39, 0.29) is 0 Å². The first-order chi connectivity index (χ1) is 18.8. The Hall–Kier alpha value is -3.38. The van der Waals surface area contributed by atoms with Gasteiger partial charge in [0, 0.05) is 73.6 Å². The molecular weight excluding hydrogens is 482 g/mol. The maximum absolute atomic E-state index is 5.79. The number of methoxy groups -OCH3 is 1. The lowest BCUT2D eigenvalue weighted by Crippen LogP contribution is -2.44. The maximum Gasteiger partial charge on any atom is 0.162 e. The Balaban J connectivity index is 1.46. The topological polar surface area (TPSA) is 57.3 Å². The van der Waals surface area contributed by atoms with E-state index in [4.69, 9.17) is 14.7 Å². The number of aromatic amines is 1. The lowest BCUT2D eigenvalue weighted by atomic mass is 9.95. The van der Waals surface area contributed by atoms with Gasteiger partial charge in [-0.3, -0.25) is 0 Å². The number of H-pyrrole nitrogens is 1. The molecule has 0 aliphatic carbocycles. The second-order valence-electron chi connectivity index (χ2n) is 11.9. The van der Waals surface area contributed by atoms with Crippen LogP contribution in [0.5, 0.6) is 0 Å². The van der Waals surface area contributed by atoms with Crippen LogP contribution < -0.4 is 9.80 Å². The number of aryl methyl sites for hydroxylation is 2. The highest BCUT2D eigenvalue weighted by Crippen LogP contribution is 2.37. The van der Waals surface area contributed by atoms with E-state index in [0.717, 1.165) is 61.7 Å². The summed E-state index contributed by atoms with van der Waals surface area (Å²) < 4.78 is 5.79. The zero-order valence-corrected chi connectivity index (χ0v) is 24.2. The van der Waals surface area contributed by atoms with E-state index in [1.54, 1.807) is 0 Å². The van der Waals surface area contributed by atoms with Crippen molar-refractivity contribution in [2.24, 2.45) is 5.92 Å². The average molecular weight is 524 g/mol. The molecule has 6 rings (SSSR count). The predicted octanol–water partition coefficient (Wildman–Crippen LogP) is 6.79. The van der Waals surface area contributed by atoms with E-state index < -0.39 is 0 Å². The predicted molar refractivity (Wildman–Crippen MR) is 161 cm³/mol. The molecule has 4 aromatic rings. The van der Waals surface area contributed by atoms with Crippen molar-refractivity contribution in [3.05, 3.63) is 70.5 Å². The molecule has 2 aromatic heterocycles. The van der Waals surface area contributed by atoms with E-state index in [2.05, 4.69) is 92.0 Å². The Morgan fingerprint density at radius 3 is 2.64 bits per heavy atom. The zero-order chi connectivity index (χ0) is 27.3. The van der Waals surface area contributed by atoms with Crippen LogP contribution in [-0.4, -0.2) is 47.8 Å². The van der Waals surface area contributed by atoms with Gasteiger partial charge in [-0.05, 0) is 60.9 Å². The summed E-state index contributed by atoms with van der Waals surface area (Å²) in [6, 6.07) is 13.3. The molecular formula is C33H41N5O. The third-order valence-electron chi connectivity index (χ3n) is 8.85. The fourth-order valence-corrected chi connectivity index (χ4v) is 6.52. The van der Waals surface area contributed by atoms with Gasteiger partial charge in [0.15, 0.2) is 5.82 Å². The van der Waals surface area contributed by atoms with Gasteiger partial charge in [-0.15, -0.1) is 0 Å². The molecule has 6 heteroatoms. The number of anilines is 2. The molecule has 0 amide bonds. The quantitative estimate of drug-likeness (QED) is 0.312. The minimum Gasteiger partial charge on any atom is -0.381 e. The molecule has 0 saturated carbocycles. The fraction of sp³-hybridized carbons (Fsp3) is 0.455. The summed E-state index contributed by atoms with van der Waals surface area (Å²) >= 11 is 0. The van der Waals surface area contributed by atoms with Crippen LogP contribution in [0.15, 0.2) is 42.6 Å². The normalized spacial score (nSPS) is 19.7. The number of hydrogen-bond acceptors (Lipinski definition) is 5. The number of rotatable bonds is 5. The van der Waals surface area contributed by atoms with Gasteiger partial charge < -0.3 is 19.5 Å². The van der Waals surface area contributed by atoms with Crippen LogP contribution in [0.3, 0.4) is 0 Å². The van der Waals surface area contributed by atoms with Crippen molar-refractivity contribution in [3.8, 4) is 11.4 Å². The molecule has 2 atom stereocenters. The van der Waals surface area contributed by atoms with Crippen molar-refractivity contribution in [2.75, 3.05) is 36.5 Å². The number of aromatic nitrogens is 3. The number of nitrogens with one attached hydrogen (secondary N) is 1. The third kappa shape index (κ3) is 4.69. The van der Waals surface area contributed by atoms with Crippen LogP contribution in [0, 0.1) is 19.8 Å². The van der Waals surface area contributed by atoms with Gasteiger partial charge in [0.2, 0.25) is 0 Å². The Morgan fingerprint density at radius 2 is 1.87 bits per heavy atom. The molecule has 1 unspecified atom stereocenters. The van der Waals surface area contributed by atoms with Crippen molar-refractivity contribution < 1.29 is 4.74 Å². The Morgan fingerprint density at radius 1 is 1.03 bits per heavy atom. The largest absolute Gasteiger partial charge is 0.381 e. The molecule has 0 spiro atoms. The second kappa shape index (κ2) is 10.3. The van der Waals surface area contributed by atoms with E-state index in [1.165, 1.54) is 39.0 Å². The van der Waals surface area contributed by atoms with Gasteiger partial charge in [-0.25, -0.2) is 9.97 Å². The molecule has 1 saturated heterocycles. The summed E-state index contributed by atoms with van der Waals surface area (Å²) in [6.07, 6.45) is 4.30. The van der Waals surface area contributed by atoms with Crippen LogP contribution in [0.1, 0.15) is 61.1 Å². The highest BCUT2D eigenvalue weighted by Gasteiger charge is 2.32. The van der Waals surface area contributed by atoms with Gasteiger partial charge in [0.05, 0.1) is 11.8 Å². The maximum atomic E-state index is 5.79. The van der Waals surface area contributed by atoms with E-state index in [9.17, 15) is 0 Å². The molecule has 2 aliphatic heterocycles. The lowest BCUT2D eigenvalue weighted by Gasteiger charge is -2.40. The summed E-state index contributed by atoms with van der Waals surface area (Å²) in [4.78, 5) is 19.1. The molecule has 4 heterocycles. The molecule has 6 nitrogen and oxygen atoms in total. The van der Waals surface area contributed by atoms with Gasteiger partial charge in [0.25, 0.3) is 0 Å². The summed E-state index contributed by atoms with van der Waals surface area (Å²) in [5.74, 6) is 2.89. The summed E-state index contributed by atoms with van der Waals surface area (Å²) in [7, 11) is 1.84. The first-order valence-electron chi connectivity index (χ1n) is 14.4. The summed E-state index contributed by atoms with van der Waals surface area (Å²) in [5, 5.41) is 1.22. The van der Waals surface area contributed by atoms with Gasteiger partial charge >= 0.3 is 0 Å². The van der Waals surface area contributed by atoms with Crippen molar-refractivity contribution in [1.82, 2.24) is 15.0 Å². The minimum atomic E-state index is 0.299. The molecule has 0 bridgehead atoms. The first kappa shape index (κ1) is 25.9. The van der Waals surface area contributed by atoms with Crippen LogP contribution >= 0.6 is 0 Å². The average Bonchev–Trinajstić information content (AvgIpc) is 3.33. The molecule has 1 fully saturated rings. The first-order valence-corrected chi connectivity index (χ1v) is 14.4. The number of ether oxygens (including phenoxy) is 1. The zero-order valence-electron chi connectivity index (χ0n) is 24.2. The highest BCUT2D eigenvalue weighted by molar-refractivity contribution is 5.96. The van der Waals surface area contributed by atoms with Crippen molar-refractivity contribution in [2.45, 2.75) is 66.0 Å². The molecule has 0 radical (unpaired) electrons. The van der Waals surface area contributed by atoms with Crippen molar-refractivity contribution in [1.29, 1.82) is 0 Å². The summed E-state index contributed by atoms with van der Waals surface area (Å²) in [5.41, 5.74) is 9.98.